The number of carbonyl (C=O) groups excluding carboxylic acids is 2. The molecule has 126 valence electrons. The van der Waals surface area contributed by atoms with Crippen LogP contribution in [-0.2, 0) is 11.2 Å². The molecule has 2 aromatic rings. The van der Waals surface area contributed by atoms with Crippen LogP contribution in [-0.4, -0.2) is 46.0 Å². The van der Waals surface area contributed by atoms with Gasteiger partial charge in [-0.3, -0.25) is 14.7 Å². The summed E-state index contributed by atoms with van der Waals surface area (Å²) < 4.78 is 0. The van der Waals surface area contributed by atoms with Gasteiger partial charge in [0, 0.05) is 30.2 Å². The quantitative estimate of drug-likeness (QED) is 0.868. The van der Waals surface area contributed by atoms with Gasteiger partial charge in [-0.15, -0.1) is 0 Å². The number of aromatic amines is 1. The Kier molecular flexibility index (Phi) is 4.85. The van der Waals surface area contributed by atoms with Crippen LogP contribution in [0.25, 0.3) is 0 Å². The molecule has 7 heteroatoms. The molecule has 1 fully saturated rings. The summed E-state index contributed by atoms with van der Waals surface area (Å²) in [6.07, 6.45) is 2.57. The van der Waals surface area contributed by atoms with E-state index >= 15 is 0 Å². The van der Waals surface area contributed by atoms with E-state index in [-0.39, 0.29) is 17.9 Å². The molecule has 3 rings (SSSR count). The molecule has 1 atom stereocenters. The third kappa shape index (κ3) is 3.76. The molecule has 1 aliphatic rings. The highest BCUT2D eigenvalue weighted by atomic mass is 35.5. The molecular formula is C17H19ClN4O2. The highest BCUT2D eigenvalue weighted by molar-refractivity contribution is 6.30. The second-order valence-corrected chi connectivity index (χ2v) is 6.44. The fourth-order valence-corrected chi connectivity index (χ4v) is 3.10. The Labute approximate surface area is 145 Å². The second-order valence-electron chi connectivity index (χ2n) is 6.00. The Morgan fingerprint density at radius 3 is 3.04 bits per heavy atom. The first-order valence-corrected chi connectivity index (χ1v) is 8.24. The number of likely N-dealkylation sites (tertiary alicyclic amines) is 1. The van der Waals surface area contributed by atoms with Crippen LogP contribution < -0.4 is 5.32 Å². The normalized spacial score (nSPS) is 17.3. The molecule has 6 nitrogen and oxygen atoms in total. The standard InChI is InChI=1S/C17H19ClN4O2/c1-11-15(9-19-21-11)17(24)20-14-8-16(23)22(10-14)6-5-12-3-2-4-13(18)7-12/h2-4,7,9,14H,5-6,8,10H2,1H3,(H,19,21)(H,20,24)/t14-/m1/s1. The number of H-pyrrole nitrogens is 1. The van der Waals surface area contributed by atoms with Crippen molar-refractivity contribution in [1.82, 2.24) is 20.4 Å². The zero-order valence-electron chi connectivity index (χ0n) is 13.4. The van der Waals surface area contributed by atoms with E-state index in [4.69, 9.17) is 11.6 Å². The van der Waals surface area contributed by atoms with Crippen molar-refractivity contribution < 1.29 is 9.59 Å². The number of hydrogen-bond donors (Lipinski definition) is 2. The predicted molar refractivity (Wildman–Crippen MR) is 90.9 cm³/mol. The number of nitrogens with one attached hydrogen (secondary N) is 2. The molecule has 0 saturated carbocycles. The number of halogens is 1. The summed E-state index contributed by atoms with van der Waals surface area (Å²) in [6.45, 7) is 2.94. The topological polar surface area (TPSA) is 78.1 Å². The first-order chi connectivity index (χ1) is 11.5. The molecule has 2 heterocycles. The number of aryl methyl sites for hydroxylation is 1. The van der Waals surface area contributed by atoms with Crippen molar-refractivity contribution in [3.05, 3.63) is 52.3 Å². The Morgan fingerprint density at radius 1 is 1.50 bits per heavy atom. The Hall–Kier alpha value is -2.34. The van der Waals surface area contributed by atoms with Crippen LogP contribution in [0.2, 0.25) is 5.02 Å². The fraction of sp³-hybridized carbons (Fsp3) is 0.353. The molecule has 1 saturated heterocycles. The highest BCUT2D eigenvalue weighted by Gasteiger charge is 2.30. The molecule has 0 bridgehead atoms. The number of nitrogens with zero attached hydrogens (tertiary/aromatic N) is 2. The van der Waals surface area contributed by atoms with Crippen LogP contribution in [0.4, 0.5) is 0 Å². The minimum Gasteiger partial charge on any atom is -0.347 e. The molecule has 0 spiro atoms. The van der Waals surface area contributed by atoms with Gasteiger partial charge in [0.2, 0.25) is 5.91 Å². The maximum absolute atomic E-state index is 12.2. The van der Waals surface area contributed by atoms with Gasteiger partial charge in [-0.1, -0.05) is 23.7 Å². The van der Waals surface area contributed by atoms with Gasteiger partial charge in [-0.25, -0.2) is 0 Å². The summed E-state index contributed by atoms with van der Waals surface area (Å²) in [6, 6.07) is 7.46. The van der Waals surface area contributed by atoms with Crippen molar-refractivity contribution in [2.45, 2.75) is 25.8 Å². The van der Waals surface area contributed by atoms with Crippen molar-refractivity contribution in [2.24, 2.45) is 0 Å². The van der Waals surface area contributed by atoms with E-state index in [0.29, 0.717) is 30.1 Å². The van der Waals surface area contributed by atoms with Crippen LogP contribution in [0.5, 0.6) is 0 Å². The maximum atomic E-state index is 12.2. The van der Waals surface area contributed by atoms with Gasteiger partial charge < -0.3 is 10.2 Å². The minimum absolute atomic E-state index is 0.0613. The number of benzene rings is 1. The fourth-order valence-electron chi connectivity index (χ4n) is 2.88. The van der Waals surface area contributed by atoms with Gasteiger partial charge in [0.25, 0.3) is 5.91 Å². The lowest BCUT2D eigenvalue weighted by Gasteiger charge is -2.17. The monoisotopic (exact) mass is 346 g/mol. The third-order valence-corrected chi connectivity index (χ3v) is 4.42. The van der Waals surface area contributed by atoms with E-state index in [1.165, 1.54) is 6.20 Å². The largest absolute Gasteiger partial charge is 0.347 e. The van der Waals surface area contributed by atoms with Gasteiger partial charge in [-0.2, -0.15) is 5.10 Å². The molecule has 0 aliphatic carbocycles. The Bertz CT molecular complexity index is 759. The van der Waals surface area contributed by atoms with Crippen molar-refractivity contribution in [2.75, 3.05) is 13.1 Å². The molecule has 0 unspecified atom stereocenters. The van der Waals surface area contributed by atoms with Gasteiger partial charge in [0.15, 0.2) is 0 Å². The van der Waals surface area contributed by atoms with Gasteiger partial charge in [-0.05, 0) is 31.0 Å². The first-order valence-electron chi connectivity index (χ1n) is 7.86. The molecular weight excluding hydrogens is 328 g/mol. The van der Waals surface area contributed by atoms with Crippen LogP contribution >= 0.6 is 11.6 Å². The third-order valence-electron chi connectivity index (χ3n) is 4.18. The average Bonchev–Trinajstić information content (AvgIpc) is 3.11. The van der Waals surface area contributed by atoms with Crippen molar-refractivity contribution in [3.63, 3.8) is 0 Å². The summed E-state index contributed by atoms with van der Waals surface area (Å²) in [5.41, 5.74) is 2.33. The summed E-state index contributed by atoms with van der Waals surface area (Å²) >= 11 is 5.98. The molecule has 1 aliphatic heterocycles. The number of amides is 2. The molecule has 0 radical (unpaired) electrons. The molecule has 2 N–H and O–H groups in total. The van der Waals surface area contributed by atoms with Crippen LogP contribution in [0.1, 0.15) is 28.0 Å². The summed E-state index contributed by atoms with van der Waals surface area (Å²) in [5, 5.41) is 10.2. The van der Waals surface area contributed by atoms with E-state index in [2.05, 4.69) is 15.5 Å². The summed E-state index contributed by atoms with van der Waals surface area (Å²) in [7, 11) is 0. The zero-order valence-corrected chi connectivity index (χ0v) is 14.1. The second kappa shape index (κ2) is 7.05. The van der Waals surface area contributed by atoms with Crippen molar-refractivity contribution >= 4 is 23.4 Å². The number of hydrogen-bond acceptors (Lipinski definition) is 3. The van der Waals surface area contributed by atoms with Gasteiger partial charge in [0.05, 0.1) is 17.8 Å². The summed E-state index contributed by atoms with van der Waals surface area (Å²) in [4.78, 5) is 26.1. The Morgan fingerprint density at radius 2 is 2.33 bits per heavy atom. The SMILES string of the molecule is Cc1[nH]ncc1C(=O)N[C@@H]1CC(=O)N(CCc2cccc(Cl)c2)C1. The summed E-state index contributed by atoms with van der Waals surface area (Å²) in [5.74, 6) is -0.137. The highest BCUT2D eigenvalue weighted by Crippen LogP contribution is 2.15. The van der Waals surface area contributed by atoms with Crippen LogP contribution in [0.15, 0.2) is 30.5 Å². The molecule has 1 aromatic heterocycles. The van der Waals surface area contributed by atoms with Crippen molar-refractivity contribution in [3.8, 4) is 0 Å². The Balaban J connectivity index is 1.54. The lowest BCUT2D eigenvalue weighted by Crippen LogP contribution is -2.37. The lowest BCUT2D eigenvalue weighted by atomic mass is 10.1. The van der Waals surface area contributed by atoms with Crippen LogP contribution in [0, 0.1) is 6.92 Å². The van der Waals surface area contributed by atoms with Gasteiger partial charge in [0.1, 0.15) is 0 Å². The first kappa shape index (κ1) is 16.5. The number of rotatable bonds is 5. The van der Waals surface area contributed by atoms with Gasteiger partial charge >= 0.3 is 0 Å². The molecule has 1 aromatic carbocycles. The van der Waals surface area contributed by atoms with Crippen molar-refractivity contribution in [1.29, 1.82) is 0 Å². The average molecular weight is 347 g/mol. The van der Waals surface area contributed by atoms with Crippen LogP contribution in [0.3, 0.4) is 0 Å². The van der Waals surface area contributed by atoms with E-state index in [1.807, 2.05) is 24.3 Å². The maximum Gasteiger partial charge on any atom is 0.255 e. The smallest absolute Gasteiger partial charge is 0.255 e. The lowest BCUT2D eigenvalue weighted by molar-refractivity contribution is -0.127. The predicted octanol–water partition coefficient (Wildman–Crippen LogP) is 1.94. The van der Waals surface area contributed by atoms with E-state index in [9.17, 15) is 9.59 Å². The van der Waals surface area contributed by atoms with E-state index in [0.717, 1.165) is 17.7 Å². The molecule has 2 amide bonds. The number of carbonyl (C=O) groups is 2. The molecule has 24 heavy (non-hydrogen) atoms. The number of aromatic nitrogens is 2. The minimum atomic E-state index is -0.198. The zero-order chi connectivity index (χ0) is 17.1. The van der Waals surface area contributed by atoms with E-state index < -0.39 is 0 Å². The van der Waals surface area contributed by atoms with E-state index in [1.54, 1.807) is 11.8 Å².